The van der Waals surface area contributed by atoms with Crippen LogP contribution in [0.2, 0.25) is 0 Å². The zero-order valence-electron chi connectivity index (χ0n) is 7.27. The number of azide groups is 1. The second-order valence-electron chi connectivity index (χ2n) is 2.56. The summed E-state index contributed by atoms with van der Waals surface area (Å²) in [6.07, 6.45) is 0. The highest BCUT2D eigenvalue weighted by molar-refractivity contribution is 7.11. The summed E-state index contributed by atoms with van der Waals surface area (Å²) in [4.78, 5) is 8.08. The van der Waals surface area contributed by atoms with Crippen LogP contribution in [0.15, 0.2) is 5.11 Å². The highest BCUT2D eigenvalue weighted by atomic mass is 32.1. The Morgan fingerprint density at radius 2 is 2.25 bits per heavy atom. The predicted molar refractivity (Wildman–Crippen MR) is 49.1 cm³/mol. The molecule has 0 bridgehead atoms. The summed E-state index contributed by atoms with van der Waals surface area (Å²) in [6, 6.07) is -0.0961. The van der Waals surface area contributed by atoms with Gasteiger partial charge in [0, 0.05) is 9.79 Å². The Balaban J connectivity index is 3.01. The largest absolute Gasteiger partial charge is 0.247 e. The lowest BCUT2D eigenvalue weighted by Crippen LogP contribution is -1.86. The molecule has 0 amide bonds. The van der Waals surface area contributed by atoms with Crippen LogP contribution >= 0.6 is 11.3 Å². The maximum Gasteiger partial charge on any atom is 0.0900 e. The number of aryl methyl sites for hydroxylation is 2. The standard InChI is InChI=1S/C7H10N4S/c1-4-7(5(2)10-11-8)12-6(3)9-4/h5H,1-3H3/t5-/m1/s1. The molecule has 1 aromatic rings. The molecule has 1 aromatic heterocycles. The average molecular weight is 182 g/mol. The van der Waals surface area contributed by atoms with Crippen molar-refractivity contribution < 1.29 is 0 Å². The van der Waals surface area contributed by atoms with Crippen molar-refractivity contribution in [2.45, 2.75) is 26.8 Å². The summed E-state index contributed by atoms with van der Waals surface area (Å²) in [5.74, 6) is 0. The first-order valence-corrected chi connectivity index (χ1v) is 4.45. The van der Waals surface area contributed by atoms with E-state index in [9.17, 15) is 0 Å². The van der Waals surface area contributed by atoms with Gasteiger partial charge in [0.05, 0.1) is 16.7 Å². The van der Waals surface area contributed by atoms with Gasteiger partial charge in [0.25, 0.3) is 0 Å². The van der Waals surface area contributed by atoms with Crippen molar-refractivity contribution in [3.05, 3.63) is 26.0 Å². The quantitative estimate of drug-likeness (QED) is 0.393. The lowest BCUT2D eigenvalue weighted by molar-refractivity contribution is 0.814. The van der Waals surface area contributed by atoms with Crippen molar-refractivity contribution in [3.8, 4) is 0 Å². The lowest BCUT2D eigenvalue weighted by atomic mass is 10.2. The fourth-order valence-corrected chi connectivity index (χ4v) is 1.98. The number of rotatable bonds is 2. The normalized spacial score (nSPS) is 12.2. The molecule has 5 heteroatoms. The SMILES string of the molecule is Cc1nc(C)c([C@@H](C)N=[N+]=[N-])s1. The molecule has 64 valence electrons. The van der Waals surface area contributed by atoms with Gasteiger partial charge < -0.3 is 0 Å². The Morgan fingerprint density at radius 1 is 1.58 bits per heavy atom. The van der Waals surface area contributed by atoms with Gasteiger partial charge in [-0.25, -0.2) is 4.98 Å². The van der Waals surface area contributed by atoms with Crippen LogP contribution in [-0.4, -0.2) is 4.98 Å². The molecule has 1 atom stereocenters. The van der Waals surface area contributed by atoms with Gasteiger partial charge >= 0.3 is 0 Å². The summed E-state index contributed by atoms with van der Waals surface area (Å²) in [6.45, 7) is 5.76. The van der Waals surface area contributed by atoms with Crippen LogP contribution in [0.3, 0.4) is 0 Å². The number of thiazole rings is 1. The van der Waals surface area contributed by atoms with Gasteiger partial charge in [-0.3, -0.25) is 0 Å². The fourth-order valence-electron chi connectivity index (χ4n) is 1.06. The molecule has 1 rings (SSSR count). The maximum absolute atomic E-state index is 8.24. The molecule has 0 N–H and O–H groups in total. The van der Waals surface area contributed by atoms with Crippen LogP contribution in [-0.2, 0) is 0 Å². The molecule has 0 aromatic carbocycles. The number of nitrogens with zero attached hydrogens (tertiary/aromatic N) is 4. The van der Waals surface area contributed by atoms with Gasteiger partial charge in [-0.05, 0) is 19.4 Å². The summed E-state index contributed by atoms with van der Waals surface area (Å²) in [5.41, 5.74) is 9.21. The molecule has 12 heavy (non-hydrogen) atoms. The van der Waals surface area contributed by atoms with E-state index in [4.69, 9.17) is 5.53 Å². The molecule has 0 aliphatic carbocycles. The van der Waals surface area contributed by atoms with Crippen molar-refractivity contribution in [3.63, 3.8) is 0 Å². The zero-order chi connectivity index (χ0) is 9.14. The number of aromatic nitrogens is 1. The van der Waals surface area contributed by atoms with E-state index < -0.39 is 0 Å². The van der Waals surface area contributed by atoms with E-state index in [1.807, 2.05) is 20.8 Å². The molecular formula is C7H10N4S. The molecule has 0 fully saturated rings. The van der Waals surface area contributed by atoms with Crippen molar-refractivity contribution in [1.82, 2.24) is 4.98 Å². The van der Waals surface area contributed by atoms with Crippen molar-refractivity contribution >= 4 is 11.3 Å². The molecule has 0 saturated carbocycles. The second kappa shape index (κ2) is 3.56. The Kier molecular flexibility index (Phi) is 2.68. The lowest BCUT2D eigenvalue weighted by Gasteiger charge is -1.99. The van der Waals surface area contributed by atoms with Gasteiger partial charge in [0.15, 0.2) is 0 Å². The molecule has 0 saturated heterocycles. The molecule has 0 aliphatic heterocycles. The average Bonchev–Trinajstić information content (AvgIpc) is 2.30. The number of hydrogen-bond acceptors (Lipinski definition) is 3. The van der Waals surface area contributed by atoms with E-state index >= 15 is 0 Å². The Hall–Kier alpha value is -1.06. The van der Waals surface area contributed by atoms with Crippen LogP contribution in [0.1, 0.15) is 28.5 Å². The summed E-state index contributed by atoms with van der Waals surface area (Å²) < 4.78 is 0. The van der Waals surface area contributed by atoms with Crippen molar-refractivity contribution in [2.24, 2.45) is 5.11 Å². The minimum Gasteiger partial charge on any atom is -0.247 e. The molecule has 1 heterocycles. The van der Waals surface area contributed by atoms with Crippen LogP contribution in [0.25, 0.3) is 10.4 Å². The molecule has 0 radical (unpaired) electrons. The van der Waals surface area contributed by atoms with Gasteiger partial charge in [-0.1, -0.05) is 12.0 Å². The van der Waals surface area contributed by atoms with E-state index in [-0.39, 0.29) is 6.04 Å². The Labute approximate surface area is 74.9 Å². The smallest absolute Gasteiger partial charge is 0.0900 e. The zero-order valence-corrected chi connectivity index (χ0v) is 8.09. The Bertz CT molecular complexity index is 324. The summed E-state index contributed by atoms with van der Waals surface area (Å²) in [7, 11) is 0. The van der Waals surface area contributed by atoms with E-state index in [1.165, 1.54) is 0 Å². The van der Waals surface area contributed by atoms with Crippen molar-refractivity contribution in [2.75, 3.05) is 0 Å². The van der Waals surface area contributed by atoms with E-state index in [2.05, 4.69) is 15.0 Å². The molecule has 0 spiro atoms. The van der Waals surface area contributed by atoms with Crippen molar-refractivity contribution in [1.29, 1.82) is 0 Å². The highest BCUT2D eigenvalue weighted by Crippen LogP contribution is 2.26. The first-order chi connectivity index (χ1) is 5.65. The third-order valence-corrected chi connectivity index (χ3v) is 2.79. The van der Waals surface area contributed by atoms with Crippen LogP contribution in [0.4, 0.5) is 0 Å². The number of hydrogen-bond donors (Lipinski definition) is 0. The van der Waals surface area contributed by atoms with Crippen LogP contribution in [0.5, 0.6) is 0 Å². The van der Waals surface area contributed by atoms with Crippen LogP contribution < -0.4 is 0 Å². The van der Waals surface area contributed by atoms with Crippen LogP contribution in [0, 0.1) is 13.8 Å². The minimum atomic E-state index is -0.0961. The third kappa shape index (κ3) is 1.75. The molecule has 0 unspecified atom stereocenters. The van der Waals surface area contributed by atoms with Gasteiger partial charge in [-0.2, -0.15) is 0 Å². The first-order valence-electron chi connectivity index (χ1n) is 3.63. The van der Waals surface area contributed by atoms with E-state index in [0.29, 0.717) is 0 Å². The Morgan fingerprint density at radius 3 is 2.67 bits per heavy atom. The summed E-state index contributed by atoms with van der Waals surface area (Å²) >= 11 is 1.59. The first kappa shape index (κ1) is 9.03. The topological polar surface area (TPSA) is 61.7 Å². The van der Waals surface area contributed by atoms with Gasteiger partial charge in [0.2, 0.25) is 0 Å². The maximum atomic E-state index is 8.24. The molecule has 4 nitrogen and oxygen atoms in total. The fraction of sp³-hybridized carbons (Fsp3) is 0.571. The monoisotopic (exact) mass is 182 g/mol. The van der Waals surface area contributed by atoms with E-state index in [1.54, 1.807) is 11.3 Å². The molecular weight excluding hydrogens is 172 g/mol. The van der Waals surface area contributed by atoms with Gasteiger partial charge in [0.1, 0.15) is 0 Å². The molecule has 0 aliphatic rings. The second-order valence-corrected chi connectivity index (χ2v) is 3.80. The third-order valence-electron chi connectivity index (χ3n) is 1.54. The predicted octanol–water partition coefficient (Wildman–Crippen LogP) is 3.13. The van der Waals surface area contributed by atoms with Gasteiger partial charge in [-0.15, -0.1) is 11.3 Å². The van der Waals surface area contributed by atoms with E-state index in [0.717, 1.165) is 15.6 Å². The highest BCUT2D eigenvalue weighted by Gasteiger charge is 2.10. The summed E-state index contributed by atoms with van der Waals surface area (Å²) in [5, 5.41) is 4.64. The minimum absolute atomic E-state index is 0.0961.